The topological polar surface area (TPSA) is 120 Å². The van der Waals surface area contributed by atoms with E-state index in [1.54, 1.807) is 30.5 Å². The minimum absolute atomic E-state index is 0.0705. The van der Waals surface area contributed by atoms with Gasteiger partial charge in [0, 0.05) is 31.0 Å². The van der Waals surface area contributed by atoms with Gasteiger partial charge in [0.1, 0.15) is 5.82 Å². The Morgan fingerprint density at radius 1 is 1.20 bits per heavy atom. The number of sulfonamides is 1. The van der Waals surface area contributed by atoms with Gasteiger partial charge in [-0.15, -0.1) is 0 Å². The van der Waals surface area contributed by atoms with Crippen LogP contribution in [0.25, 0.3) is 22.5 Å². The molecule has 0 bridgehead atoms. The number of aryl methyl sites for hydroxylation is 2. The number of benzene rings is 1. The molecule has 0 aliphatic carbocycles. The second kappa shape index (κ2) is 8.17. The van der Waals surface area contributed by atoms with Crippen LogP contribution in [0.5, 0.6) is 0 Å². The molecular formula is C21H24N4O4S. The first-order valence-corrected chi connectivity index (χ1v) is 11.2. The number of rotatable bonds is 6. The van der Waals surface area contributed by atoms with Crippen molar-refractivity contribution in [2.24, 2.45) is 0 Å². The molecule has 1 saturated heterocycles. The summed E-state index contributed by atoms with van der Waals surface area (Å²) in [6.45, 7) is 4.69. The Morgan fingerprint density at radius 2 is 2.03 bits per heavy atom. The van der Waals surface area contributed by atoms with Gasteiger partial charge in [0.05, 0.1) is 22.3 Å². The molecular weight excluding hydrogens is 404 g/mol. The molecule has 0 unspecified atom stereocenters. The van der Waals surface area contributed by atoms with E-state index in [4.69, 9.17) is 15.0 Å². The summed E-state index contributed by atoms with van der Waals surface area (Å²) in [6, 6.07) is 8.64. The van der Waals surface area contributed by atoms with Crippen molar-refractivity contribution in [2.75, 3.05) is 18.9 Å². The van der Waals surface area contributed by atoms with Crippen LogP contribution in [-0.4, -0.2) is 37.8 Å². The summed E-state index contributed by atoms with van der Waals surface area (Å²) in [4.78, 5) is 4.46. The van der Waals surface area contributed by atoms with Gasteiger partial charge in [-0.2, -0.15) is 0 Å². The molecule has 1 aliphatic rings. The first-order chi connectivity index (χ1) is 14.3. The molecule has 2 aromatic heterocycles. The van der Waals surface area contributed by atoms with E-state index in [0.717, 1.165) is 35.2 Å². The third-order valence-electron chi connectivity index (χ3n) is 5.17. The normalized spacial score (nSPS) is 16.8. The molecule has 158 valence electrons. The van der Waals surface area contributed by atoms with E-state index in [1.807, 2.05) is 19.9 Å². The quantitative estimate of drug-likeness (QED) is 0.619. The van der Waals surface area contributed by atoms with Gasteiger partial charge in [-0.3, -0.25) is 0 Å². The Labute approximate surface area is 175 Å². The predicted molar refractivity (Wildman–Crippen MR) is 113 cm³/mol. The van der Waals surface area contributed by atoms with Crippen LogP contribution >= 0.6 is 0 Å². The third-order valence-corrected chi connectivity index (χ3v) is 6.59. The number of hydrogen-bond donors (Lipinski definition) is 2. The summed E-state index contributed by atoms with van der Waals surface area (Å²) in [5.41, 5.74) is 9.77. The lowest BCUT2D eigenvalue weighted by molar-refractivity contribution is 0.114. The van der Waals surface area contributed by atoms with Gasteiger partial charge in [0.25, 0.3) is 0 Å². The molecule has 0 spiro atoms. The van der Waals surface area contributed by atoms with E-state index in [2.05, 4.69) is 14.9 Å². The molecule has 0 amide bonds. The first-order valence-electron chi connectivity index (χ1n) is 9.75. The molecule has 1 fully saturated rings. The molecule has 3 N–H and O–H groups in total. The van der Waals surface area contributed by atoms with Crippen LogP contribution in [0, 0.1) is 13.8 Å². The summed E-state index contributed by atoms with van der Waals surface area (Å²) in [6.07, 6.45) is 3.38. The molecule has 1 aromatic carbocycles. The second-order valence-electron chi connectivity index (χ2n) is 7.45. The van der Waals surface area contributed by atoms with Crippen LogP contribution in [-0.2, 0) is 14.8 Å². The molecule has 9 heteroatoms. The summed E-state index contributed by atoms with van der Waals surface area (Å²) in [5, 5.41) is 3.90. The van der Waals surface area contributed by atoms with Gasteiger partial charge in [0.15, 0.2) is 5.76 Å². The van der Waals surface area contributed by atoms with Crippen LogP contribution < -0.4 is 10.5 Å². The maximum Gasteiger partial charge on any atom is 0.240 e. The highest BCUT2D eigenvalue weighted by atomic mass is 32.2. The summed E-state index contributed by atoms with van der Waals surface area (Å²) < 4.78 is 39.1. The van der Waals surface area contributed by atoms with Gasteiger partial charge in [0.2, 0.25) is 10.0 Å². The minimum Gasteiger partial charge on any atom is -0.383 e. The lowest BCUT2D eigenvalue weighted by atomic mass is 10.00. The maximum absolute atomic E-state index is 12.8. The Balaban J connectivity index is 1.66. The Bertz CT molecular complexity index is 1170. The largest absolute Gasteiger partial charge is 0.383 e. The third kappa shape index (κ3) is 4.23. The fraction of sp³-hybridized carbons (Fsp3) is 0.333. The van der Waals surface area contributed by atoms with Gasteiger partial charge >= 0.3 is 0 Å². The molecule has 3 heterocycles. The number of anilines is 1. The van der Waals surface area contributed by atoms with Crippen LogP contribution in [0.3, 0.4) is 0 Å². The standard InChI is InChI=1S/C21H24N4O4S/c1-13-5-6-17(30(26,27)24-12-16-4-3-7-28-16)10-18(13)15-9-19(21(22)23-11-15)20-8-14(2)25-29-20/h5-6,8-11,16,24H,3-4,7,12H2,1-2H3,(H2,22,23)/t16-/m0/s1. The predicted octanol–water partition coefficient (Wildman–Crippen LogP) is 3.06. The lowest BCUT2D eigenvalue weighted by Gasteiger charge is -2.14. The second-order valence-corrected chi connectivity index (χ2v) is 9.22. The number of nitrogen functional groups attached to an aromatic ring is 1. The van der Waals surface area contributed by atoms with Crippen LogP contribution in [0.2, 0.25) is 0 Å². The monoisotopic (exact) mass is 428 g/mol. The summed E-state index contributed by atoms with van der Waals surface area (Å²) in [5.74, 6) is 0.827. The first kappa shape index (κ1) is 20.5. The van der Waals surface area contributed by atoms with Crippen LogP contribution in [0.15, 0.2) is 45.9 Å². The number of nitrogens with two attached hydrogens (primary N) is 1. The number of hydrogen-bond acceptors (Lipinski definition) is 7. The Morgan fingerprint density at radius 3 is 2.73 bits per heavy atom. The molecule has 4 rings (SSSR count). The van der Waals surface area contributed by atoms with Crippen molar-refractivity contribution in [2.45, 2.75) is 37.7 Å². The van der Waals surface area contributed by atoms with E-state index in [-0.39, 0.29) is 17.5 Å². The minimum atomic E-state index is -3.67. The molecule has 0 radical (unpaired) electrons. The van der Waals surface area contributed by atoms with E-state index in [9.17, 15) is 8.42 Å². The van der Waals surface area contributed by atoms with Gasteiger partial charge in [-0.05, 0) is 56.0 Å². The van der Waals surface area contributed by atoms with E-state index in [0.29, 0.717) is 23.7 Å². The highest BCUT2D eigenvalue weighted by molar-refractivity contribution is 7.89. The Kier molecular flexibility index (Phi) is 5.59. The van der Waals surface area contributed by atoms with Crippen molar-refractivity contribution in [1.82, 2.24) is 14.9 Å². The van der Waals surface area contributed by atoms with E-state index < -0.39 is 10.0 Å². The molecule has 8 nitrogen and oxygen atoms in total. The lowest BCUT2D eigenvalue weighted by Crippen LogP contribution is -2.31. The number of pyridine rings is 1. The molecule has 0 saturated carbocycles. The average Bonchev–Trinajstić information content (AvgIpc) is 3.39. The van der Waals surface area contributed by atoms with Gasteiger partial charge < -0.3 is 15.0 Å². The summed E-state index contributed by atoms with van der Waals surface area (Å²) in [7, 11) is -3.67. The number of ether oxygens (including phenoxy) is 1. The van der Waals surface area contributed by atoms with Crippen molar-refractivity contribution in [3.63, 3.8) is 0 Å². The number of nitrogens with zero attached hydrogens (tertiary/aromatic N) is 2. The molecule has 1 atom stereocenters. The highest BCUT2D eigenvalue weighted by Crippen LogP contribution is 2.32. The summed E-state index contributed by atoms with van der Waals surface area (Å²) >= 11 is 0. The van der Waals surface area contributed by atoms with Crippen molar-refractivity contribution in [1.29, 1.82) is 0 Å². The fourth-order valence-electron chi connectivity index (χ4n) is 3.48. The highest BCUT2D eigenvalue weighted by Gasteiger charge is 2.21. The smallest absolute Gasteiger partial charge is 0.240 e. The maximum atomic E-state index is 12.8. The molecule has 1 aliphatic heterocycles. The Hall–Kier alpha value is -2.75. The average molecular weight is 429 g/mol. The molecule has 30 heavy (non-hydrogen) atoms. The van der Waals surface area contributed by atoms with Crippen LogP contribution in [0.4, 0.5) is 5.82 Å². The van der Waals surface area contributed by atoms with Gasteiger partial charge in [-0.25, -0.2) is 18.1 Å². The van der Waals surface area contributed by atoms with Crippen molar-refractivity contribution >= 4 is 15.8 Å². The SMILES string of the molecule is Cc1cc(-c2cc(-c3cc(S(=O)(=O)NC[C@@H]4CCCO4)ccc3C)cnc2N)on1. The van der Waals surface area contributed by atoms with Gasteiger partial charge in [-0.1, -0.05) is 11.2 Å². The van der Waals surface area contributed by atoms with Crippen molar-refractivity contribution < 1.29 is 17.7 Å². The zero-order chi connectivity index (χ0) is 21.3. The van der Waals surface area contributed by atoms with E-state index >= 15 is 0 Å². The zero-order valence-electron chi connectivity index (χ0n) is 16.9. The number of aromatic nitrogens is 2. The fourth-order valence-corrected chi connectivity index (χ4v) is 4.57. The van der Waals surface area contributed by atoms with E-state index in [1.165, 1.54) is 0 Å². The molecule has 3 aromatic rings. The zero-order valence-corrected chi connectivity index (χ0v) is 17.7. The number of nitrogens with one attached hydrogen (secondary N) is 1. The van der Waals surface area contributed by atoms with Crippen molar-refractivity contribution in [3.05, 3.63) is 47.8 Å². The van der Waals surface area contributed by atoms with Crippen molar-refractivity contribution in [3.8, 4) is 22.5 Å². The van der Waals surface area contributed by atoms with Crippen LogP contribution in [0.1, 0.15) is 24.1 Å².